The van der Waals surface area contributed by atoms with Crippen LogP contribution in [0.1, 0.15) is 5.56 Å². The minimum atomic E-state index is 0.565. The van der Waals surface area contributed by atoms with Crippen molar-refractivity contribution in [1.82, 2.24) is 9.97 Å². The molecular formula is C21H19N3O. The highest BCUT2D eigenvalue weighted by Crippen LogP contribution is 2.23. The van der Waals surface area contributed by atoms with E-state index in [1.54, 1.807) is 6.33 Å². The number of nitrogens with zero attached hydrogens (tertiary/aromatic N) is 2. The fraction of sp³-hybridized carbons (Fsp3) is 0.143. The van der Waals surface area contributed by atoms with Gasteiger partial charge in [0.15, 0.2) is 0 Å². The average molecular weight is 329 g/mol. The fourth-order valence-corrected chi connectivity index (χ4v) is 3.01. The highest BCUT2D eigenvalue weighted by molar-refractivity contribution is 5.91. The number of hydrogen-bond acceptors (Lipinski definition) is 4. The first kappa shape index (κ1) is 15.4. The minimum Gasteiger partial charge on any atom is -0.492 e. The van der Waals surface area contributed by atoms with Crippen molar-refractivity contribution in [1.29, 1.82) is 0 Å². The van der Waals surface area contributed by atoms with Gasteiger partial charge in [-0.05, 0) is 41.5 Å². The molecule has 4 rings (SSSR count). The molecule has 4 aromatic rings. The van der Waals surface area contributed by atoms with Gasteiger partial charge in [0.2, 0.25) is 0 Å². The number of aryl methyl sites for hydroxylation is 1. The van der Waals surface area contributed by atoms with E-state index in [1.165, 1.54) is 10.8 Å². The third kappa shape index (κ3) is 3.24. The zero-order chi connectivity index (χ0) is 17.1. The molecule has 0 fully saturated rings. The minimum absolute atomic E-state index is 0.565. The van der Waals surface area contributed by atoms with E-state index >= 15 is 0 Å². The first-order valence-corrected chi connectivity index (χ1v) is 8.37. The molecule has 0 atom stereocenters. The van der Waals surface area contributed by atoms with Crippen LogP contribution in [0.5, 0.6) is 5.75 Å². The van der Waals surface area contributed by atoms with Gasteiger partial charge in [0.05, 0.1) is 12.1 Å². The molecule has 0 unspecified atom stereocenters. The van der Waals surface area contributed by atoms with Gasteiger partial charge >= 0.3 is 0 Å². The number of benzene rings is 3. The van der Waals surface area contributed by atoms with Crippen LogP contribution >= 0.6 is 0 Å². The molecule has 3 aromatic carbocycles. The second-order valence-corrected chi connectivity index (χ2v) is 5.98. The topological polar surface area (TPSA) is 47.0 Å². The molecule has 1 heterocycles. The molecule has 1 aromatic heterocycles. The Bertz CT molecular complexity index is 1020. The van der Waals surface area contributed by atoms with Crippen LogP contribution in [0.3, 0.4) is 0 Å². The van der Waals surface area contributed by atoms with Crippen LogP contribution in [0.2, 0.25) is 0 Å². The lowest BCUT2D eigenvalue weighted by Gasteiger charge is -2.11. The van der Waals surface area contributed by atoms with Crippen LogP contribution in [0, 0.1) is 6.92 Å². The van der Waals surface area contributed by atoms with E-state index in [2.05, 4.69) is 52.5 Å². The Morgan fingerprint density at radius 3 is 2.72 bits per heavy atom. The Labute approximate surface area is 146 Å². The highest BCUT2D eigenvalue weighted by Gasteiger charge is 2.05. The van der Waals surface area contributed by atoms with Crippen molar-refractivity contribution in [3.63, 3.8) is 0 Å². The molecular weight excluding hydrogens is 310 g/mol. The van der Waals surface area contributed by atoms with Gasteiger partial charge in [0, 0.05) is 5.39 Å². The maximum absolute atomic E-state index is 5.87. The predicted octanol–water partition coefficient (Wildman–Crippen LogP) is 4.58. The maximum atomic E-state index is 5.87. The molecule has 0 spiro atoms. The van der Waals surface area contributed by atoms with Gasteiger partial charge in [-0.15, -0.1) is 0 Å². The summed E-state index contributed by atoms with van der Waals surface area (Å²) in [6.45, 7) is 3.31. The molecule has 0 amide bonds. The molecule has 0 saturated carbocycles. The van der Waals surface area contributed by atoms with E-state index in [4.69, 9.17) is 4.74 Å². The number of rotatable bonds is 5. The standard InChI is InChI=1S/C21H19N3O/c1-15-5-4-8-19-20(15)21(24-14-23-19)22-11-12-25-18-10-9-16-6-2-3-7-17(16)13-18/h2-10,13-14H,11-12H2,1H3,(H,22,23,24). The predicted molar refractivity (Wildman–Crippen MR) is 102 cm³/mol. The summed E-state index contributed by atoms with van der Waals surface area (Å²) in [5.41, 5.74) is 2.11. The van der Waals surface area contributed by atoms with Crippen molar-refractivity contribution in [3.8, 4) is 5.75 Å². The number of aromatic nitrogens is 2. The van der Waals surface area contributed by atoms with Gasteiger partial charge in [-0.2, -0.15) is 0 Å². The summed E-state index contributed by atoms with van der Waals surface area (Å²) >= 11 is 0. The van der Waals surface area contributed by atoms with Crippen LogP contribution in [0.4, 0.5) is 5.82 Å². The Morgan fingerprint density at radius 2 is 1.80 bits per heavy atom. The fourth-order valence-electron chi connectivity index (χ4n) is 3.01. The number of ether oxygens (including phenoxy) is 1. The third-order valence-corrected chi connectivity index (χ3v) is 4.26. The van der Waals surface area contributed by atoms with Gasteiger partial charge in [-0.25, -0.2) is 9.97 Å². The zero-order valence-corrected chi connectivity index (χ0v) is 14.1. The summed E-state index contributed by atoms with van der Waals surface area (Å²) < 4.78 is 5.87. The number of hydrogen-bond donors (Lipinski definition) is 1. The molecule has 0 bridgehead atoms. The van der Waals surface area contributed by atoms with Crippen molar-refractivity contribution < 1.29 is 4.74 Å². The zero-order valence-electron chi connectivity index (χ0n) is 14.1. The summed E-state index contributed by atoms with van der Waals surface area (Å²) in [6.07, 6.45) is 1.59. The van der Waals surface area contributed by atoms with Gasteiger partial charge in [0.1, 0.15) is 24.5 Å². The Morgan fingerprint density at radius 1 is 0.920 bits per heavy atom. The first-order chi connectivity index (χ1) is 12.3. The van der Waals surface area contributed by atoms with E-state index in [0.29, 0.717) is 13.2 Å². The Hall–Kier alpha value is -3.14. The second-order valence-electron chi connectivity index (χ2n) is 5.98. The van der Waals surface area contributed by atoms with E-state index in [-0.39, 0.29) is 0 Å². The van der Waals surface area contributed by atoms with E-state index in [1.807, 2.05) is 30.3 Å². The molecule has 1 N–H and O–H groups in total. The number of nitrogens with one attached hydrogen (secondary N) is 1. The Balaban J connectivity index is 1.42. The molecule has 0 radical (unpaired) electrons. The monoisotopic (exact) mass is 329 g/mol. The van der Waals surface area contributed by atoms with Crippen molar-refractivity contribution >= 4 is 27.5 Å². The molecule has 4 heteroatoms. The number of fused-ring (bicyclic) bond motifs is 2. The first-order valence-electron chi connectivity index (χ1n) is 8.37. The van der Waals surface area contributed by atoms with Crippen LogP contribution in [-0.2, 0) is 0 Å². The lowest BCUT2D eigenvalue weighted by molar-refractivity contribution is 0.333. The number of anilines is 1. The van der Waals surface area contributed by atoms with Crippen molar-refractivity contribution in [2.45, 2.75) is 6.92 Å². The van der Waals surface area contributed by atoms with Crippen LogP contribution in [0.15, 0.2) is 67.0 Å². The normalized spacial score (nSPS) is 10.9. The van der Waals surface area contributed by atoms with E-state index < -0.39 is 0 Å². The van der Waals surface area contributed by atoms with Crippen molar-refractivity contribution in [3.05, 3.63) is 72.6 Å². The highest BCUT2D eigenvalue weighted by atomic mass is 16.5. The molecule has 0 aliphatic heterocycles. The summed E-state index contributed by atoms with van der Waals surface area (Å²) in [7, 11) is 0. The summed E-state index contributed by atoms with van der Waals surface area (Å²) in [5, 5.41) is 6.83. The van der Waals surface area contributed by atoms with Crippen molar-refractivity contribution in [2.75, 3.05) is 18.5 Å². The SMILES string of the molecule is Cc1cccc2ncnc(NCCOc3ccc4ccccc4c3)c12. The quantitative estimate of drug-likeness (QED) is 0.544. The van der Waals surface area contributed by atoms with Gasteiger partial charge in [-0.3, -0.25) is 0 Å². The molecule has 4 nitrogen and oxygen atoms in total. The summed E-state index contributed by atoms with van der Waals surface area (Å²) in [4.78, 5) is 8.70. The lowest BCUT2D eigenvalue weighted by Crippen LogP contribution is -2.13. The van der Waals surface area contributed by atoms with E-state index in [9.17, 15) is 0 Å². The largest absolute Gasteiger partial charge is 0.492 e. The third-order valence-electron chi connectivity index (χ3n) is 4.26. The molecule has 0 aliphatic rings. The van der Waals surface area contributed by atoms with Crippen LogP contribution in [-0.4, -0.2) is 23.1 Å². The van der Waals surface area contributed by atoms with Gasteiger partial charge in [-0.1, -0.05) is 42.5 Å². The average Bonchev–Trinajstić information content (AvgIpc) is 2.65. The molecule has 0 saturated heterocycles. The second kappa shape index (κ2) is 6.77. The lowest BCUT2D eigenvalue weighted by atomic mass is 10.1. The summed E-state index contributed by atoms with van der Waals surface area (Å²) in [5.74, 6) is 1.73. The van der Waals surface area contributed by atoms with Crippen molar-refractivity contribution in [2.24, 2.45) is 0 Å². The Kier molecular flexibility index (Phi) is 4.17. The molecule has 124 valence electrons. The van der Waals surface area contributed by atoms with Crippen LogP contribution in [0.25, 0.3) is 21.7 Å². The smallest absolute Gasteiger partial charge is 0.137 e. The van der Waals surface area contributed by atoms with E-state index in [0.717, 1.165) is 28.0 Å². The van der Waals surface area contributed by atoms with Gasteiger partial charge in [0.25, 0.3) is 0 Å². The van der Waals surface area contributed by atoms with Gasteiger partial charge < -0.3 is 10.1 Å². The molecule has 0 aliphatic carbocycles. The molecule has 25 heavy (non-hydrogen) atoms. The maximum Gasteiger partial charge on any atom is 0.137 e. The van der Waals surface area contributed by atoms with Crippen LogP contribution < -0.4 is 10.1 Å². The summed E-state index contributed by atoms with van der Waals surface area (Å²) in [6, 6.07) is 20.5.